The van der Waals surface area contributed by atoms with Crippen LogP contribution in [-0.4, -0.2) is 21.5 Å². The van der Waals surface area contributed by atoms with E-state index < -0.39 is 17.1 Å². The Hall–Kier alpha value is -3.90. The molecule has 4 aromatic rings. The van der Waals surface area contributed by atoms with Crippen LogP contribution in [0.2, 0.25) is 5.02 Å². The van der Waals surface area contributed by atoms with Crippen LogP contribution in [0.25, 0.3) is 11.1 Å². The van der Waals surface area contributed by atoms with Gasteiger partial charge in [-0.1, -0.05) is 84.4 Å². The zero-order chi connectivity index (χ0) is 25.7. The van der Waals surface area contributed by atoms with Crippen LogP contribution in [0.3, 0.4) is 0 Å². The van der Waals surface area contributed by atoms with Crippen molar-refractivity contribution in [2.45, 2.75) is 39.4 Å². The van der Waals surface area contributed by atoms with Gasteiger partial charge in [0, 0.05) is 11.4 Å². The highest BCUT2D eigenvalue weighted by Crippen LogP contribution is 2.27. The summed E-state index contributed by atoms with van der Waals surface area (Å²) in [4.78, 5) is 33.1. The molecule has 3 aromatic carbocycles. The third kappa shape index (κ3) is 6.40. The minimum absolute atomic E-state index is 0.105. The van der Waals surface area contributed by atoms with E-state index in [-0.39, 0.29) is 30.3 Å². The number of aromatic amines is 1. The highest BCUT2D eigenvalue weighted by Gasteiger charge is 2.26. The molecule has 0 spiro atoms. The minimum Gasteiger partial charge on any atom is -0.481 e. The molecule has 6 nitrogen and oxygen atoms in total. The van der Waals surface area contributed by atoms with E-state index in [9.17, 15) is 9.59 Å². The second kappa shape index (κ2) is 10.8. The maximum atomic E-state index is 13.0. The number of benzene rings is 3. The molecule has 4 rings (SSSR count). The molecule has 7 heteroatoms. The molecule has 0 fully saturated rings. The molecule has 0 aliphatic carbocycles. The number of esters is 1. The quantitative estimate of drug-likeness (QED) is 0.303. The molecule has 0 unspecified atom stereocenters. The van der Waals surface area contributed by atoms with E-state index in [1.54, 1.807) is 20.8 Å². The third-order valence-corrected chi connectivity index (χ3v) is 5.61. The van der Waals surface area contributed by atoms with Crippen LogP contribution in [0.1, 0.15) is 48.2 Å². The largest absolute Gasteiger partial charge is 0.481 e. The van der Waals surface area contributed by atoms with Gasteiger partial charge in [0.1, 0.15) is 18.0 Å². The van der Waals surface area contributed by atoms with Crippen LogP contribution in [0.5, 0.6) is 5.75 Å². The first-order valence-corrected chi connectivity index (χ1v) is 11.9. The summed E-state index contributed by atoms with van der Waals surface area (Å²) >= 11 is 6.57. The Morgan fingerprint density at radius 3 is 2.25 bits per heavy atom. The number of aromatic nitrogens is 2. The second-order valence-electron chi connectivity index (χ2n) is 9.32. The lowest BCUT2D eigenvalue weighted by atomic mass is 10.0. The van der Waals surface area contributed by atoms with Crippen LogP contribution < -0.4 is 10.3 Å². The number of H-pyrrole nitrogens is 1. The first-order valence-electron chi connectivity index (χ1n) is 11.6. The van der Waals surface area contributed by atoms with Crippen molar-refractivity contribution in [1.82, 2.24) is 9.97 Å². The van der Waals surface area contributed by atoms with Crippen LogP contribution in [0, 0.1) is 0 Å². The highest BCUT2D eigenvalue weighted by molar-refractivity contribution is 6.31. The van der Waals surface area contributed by atoms with Gasteiger partial charge in [-0.3, -0.25) is 4.79 Å². The van der Waals surface area contributed by atoms with Gasteiger partial charge in [0.15, 0.2) is 5.69 Å². The number of carbonyl (C=O) groups is 1. The van der Waals surface area contributed by atoms with Crippen molar-refractivity contribution in [3.63, 3.8) is 0 Å². The molecule has 0 saturated carbocycles. The van der Waals surface area contributed by atoms with Gasteiger partial charge < -0.3 is 14.5 Å². The molecule has 0 atom stereocenters. The fourth-order valence-electron chi connectivity index (χ4n) is 3.60. The number of rotatable bonds is 7. The van der Waals surface area contributed by atoms with Gasteiger partial charge in [0.2, 0.25) is 5.75 Å². The fourth-order valence-corrected chi connectivity index (χ4v) is 3.85. The molecular weight excluding hydrogens is 476 g/mol. The average molecular weight is 503 g/mol. The van der Waals surface area contributed by atoms with Crippen molar-refractivity contribution in [3.8, 4) is 16.9 Å². The maximum Gasteiger partial charge on any atom is 0.361 e. The van der Waals surface area contributed by atoms with Gasteiger partial charge in [-0.05, 0) is 49.1 Å². The normalized spacial score (nSPS) is 11.2. The number of hydrogen-bond donors (Lipinski definition) is 1. The smallest absolute Gasteiger partial charge is 0.361 e. The summed E-state index contributed by atoms with van der Waals surface area (Å²) in [6.07, 6.45) is 0.220. The summed E-state index contributed by atoms with van der Waals surface area (Å²) in [6.45, 7) is 5.35. The number of nitrogens with zero attached hydrogens (tertiary/aromatic N) is 1. The van der Waals surface area contributed by atoms with Gasteiger partial charge >= 0.3 is 5.97 Å². The molecule has 0 saturated heterocycles. The molecule has 0 aliphatic heterocycles. The summed E-state index contributed by atoms with van der Waals surface area (Å²) in [7, 11) is 0. The molecule has 0 radical (unpaired) electrons. The van der Waals surface area contributed by atoms with Gasteiger partial charge in [-0.15, -0.1) is 0 Å². The van der Waals surface area contributed by atoms with E-state index in [2.05, 4.69) is 9.97 Å². The van der Waals surface area contributed by atoms with E-state index in [0.29, 0.717) is 5.02 Å². The molecule has 0 bridgehead atoms. The number of nitrogens with one attached hydrogen (secondary N) is 1. The Morgan fingerprint density at radius 2 is 1.61 bits per heavy atom. The van der Waals surface area contributed by atoms with Crippen molar-refractivity contribution in [2.24, 2.45) is 0 Å². The molecular formula is C29H27ClN2O4. The van der Waals surface area contributed by atoms with E-state index in [0.717, 1.165) is 22.3 Å². The number of halogens is 1. The van der Waals surface area contributed by atoms with Crippen molar-refractivity contribution < 1.29 is 14.3 Å². The predicted octanol–water partition coefficient (Wildman–Crippen LogP) is 6.22. The lowest BCUT2D eigenvalue weighted by Gasteiger charge is -2.20. The van der Waals surface area contributed by atoms with Gasteiger partial charge in [-0.2, -0.15) is 0 Å². The molecule has 1 aromatic heterocycles. The van der Waals surface area contributed by atoms with Crippen LogP contribution in [0.15, 0.2) is 83.7 Å². The Morgan fingerprint density at radius 1 is 0.944 bits per heavy atom. The summed E-state index contributed by atoms with van der Waals surface area (Å²) in [6, 6.07) is 25.0. The summed E-state index contributed by atoms with van der Waals surface area (Å²) in [5, 5.41) is 0.530. The first-order chi connectivity index (χ1) is 17.2. The Kier molecular flexibility index (Phi) is 7.55. The molecule has 36 heavy (non-hydrogen) atoms. The van der Waals surface area contributed by atoms with E-state index in [1.165, 1.54) is 0 Å². The van der Waals surface area contributed by atoms with Gasteiger partial charge in [0.05, 0.1) is 0 Å². The molecule has 1 N–H and O–H groups in total. The maximum absolute atomic E-state index is 13.0. The second-order valence-corrected chi connectivity index (χ2v) is 9.72. The van der Waals surface area contributed by atoms with Crippen LogP contribution in [-0.2, 0) is 17.8 Å². The SMILES string of the molecule is CC(C)(C)OC(=O)c1nc(Cc2ccc(-c3ccccc3)cc2Cl)[nH]c(=O)c1OCc1ccccc1. The summed E-state index contributed by atoms with van der Waals surface area (Å²) in [5.74, 6) is -0.631. The fraction of sp³-hybridized carbons (Fsp3) is 0.207. The van der Waals surface area contributed by atoms with E-state index in [1.807, 2.05) is 78.9 Å². The Bertz CT molecular complexity index is 1410. The number of hydrogen-bond acceptors (Lipinski definition) is 5. The van der Waals surface area contributed by atoms with Gasteiger partial charge in [-0.25, -0.2) is 9.78 Å². The third-order valence-electron chi connectivity index (χ3n) is 5.26. The van der Waals surface area contributed by atoms with Crippen molar-refractivity contribution in [1.29, 1.82) is 0 Å². The Labute approximate surface area is 214 Å². The van der Waals surface area contributed by atoms with Crippen LogP contribution in [0.4, 0.5) is 0 Å². The molecule has 1 heterocycles. The predicted molar refractivity (Wildman–Crippen MR) is 140 cm³/mol. The lowest BCUT2D eigenvalue weighted by Crippen LogP contribution is -2.28. The average Bonchev–Trinajstić information content (AvgIpc) is 2.84. The van der Waals surface area contributed by atoms with E-state index in [4.69, 9.17) is 21.1 Å². The topological polar surface area (TPSA) is 81.3 Å². The standard InChI is InChI=1S/C29H27ClN2O4/c1-29(2,3)36-28(34)25-26(35-18-19-10-6-4-7-11-19)27(33)32-24(31-25)17-22-15-14-21(16-23(22)30)20-12-8-5-9-13-20/h4-16H,17-18H2,1-3H3,(H,31,32,33). The van der Waals surface area contributed by atoms with Gasteiger partial charge in [0.25, 0.3) is 5.56 Å². The first kappa shape index (κ1) is 25.2. The summed E-state index contributed by atoms with van der Waals surface area (Å²) < 4.78 is 11.3. The summed E-state index contributed by atoms with van der Waals surface area (Å²) in [5.41, 5.74) is 2.13. The molecule has 184 valence electrons. The molecule has 0 amide bonds. The van der Waals surface area contributed by atoms with Crippen molar-refractivity contribution in [2.75, 3.05) is 0 Å². The Balaban J connectivity index is 1.65. The van der Waals surface area contributed by atoms with Crippen molar-refractivity contribution in [3.05, 3.63) is 117 Å². The zero-order valence-corrected chi connectivity index (χ0v) is 21.1. The molecule has 0 aliphatic rings. The lowest BCUT2D eigenvalue weighted by molar-refractivity contribution is 0.00573. The number of carbonyl (C=O) groups excluding carboxylic acids is 1. The monoisotopic (exact) mass is 502 g/mol. The highest BCUT2D eigenvalue weighted by atomic mass is 35.5. The zero-order valence-electron chi connectivity index (χ0n) is 20.4. The van der Waals surface area contributed by atoms with E-state index >= 15 is 0 Å². The van der Waals surface area contributed by atoms with Crippen LogP contribution >= 0.6 is 11.6 Å². The van der Waals surface area contributed by atoms with Crippen molar-refractivity contribution >= 4 is 17.6 Å². The minimum atomic E-state index is -0.769. The number of ether oxygens (including phenoxy) is 2.